The highest BCUT2D eigenvalue weighted by atomic mass is 16.8. The maximum absolute atomic E-state index is 11.0. The highest BCUT2D eigenvalue weighted by Gasteiger charge is 2.55. The van der Waals surface area contributed by atoms with Crippen molar-refractivity contribution in [2.24, 2.45) is 0 Å². The van der Waals surface area contributed by atoms with Crippen LogP contribution in [-0.2, 0) is 33.2 Å². The van der Waals surface area contributed by atoms with E-state index in [1.807, 2.05) is 0 Å². The number of aliphatic hydroxyl groups excluding tert-OH is 13. The molecule has 44 heavy (non-hydrogen) atoms. The summed E-state index contributed by atoms with van der Waals surface area (Å²) in [6.07, 6.45) is -34.3. The van der Waals surface area contributed by atoms with Gasteiger partial charge in [-0.1, -0.05) is 0 Å². The first-order valence-electron chi connectivity index (χ1n) is 14.0. The average Bonchev–Trinajstić information content (AvgIpc) is 3.00. The summed E-state index contributed by atoms with van der Waals surface area (Å²) < 4.78 is 37.8. The Morgan fingerprint density at radius 3 is 1.30 bits per heavy atom. The molecule has 4 aliphatic rings. The lowest BCUT2D eigenvalue weighted by molar-refractivity contribution is -0.387. The fraction of sp³-hybridized carbons (Fsp3) is 1.00. The molecule has 0 aromatic heterocycles. The van der Waals surface area contributed by atoms with E-state index in [0.717, 1.165) is 0 Å². The summed E-state index contributed by atoms with van der Waals surface area (Å²) in [4.78, 5) is 0. The molecule has 4 heterocycles. The molecule has 258 valence electrons. The Morgan fingerprint density at radius 1 is 0.409 bits per heavy atom. The van der Waals surface area contributed by atoms with Crippen LogP contribution in [0.25, 0.3) is 0 Å². The van der Waals surface area contributed by atoms with Gasteiger partial charge in [-0.2, -0.15) is 0 Å². The van der Waals surface area contributed by atoms with Gasteiger partial charge in [0.05, 0.1) is 25.9 Å². The molecule has 0 amide bonds. The Labute approximate surface area is 249 Å². The molecule has 0 aromatic carbocycles. The van der Waals surface area contributed by atoms with Gasteiger partial charge >= 0.3 is 0 Å². The zero-order valence-corrected chi connectivity index (χ0v) is 23.3. The van der Waals surface area contributed by atoms with Crippen molar-refractivity contribution < 1.29 is 99.5 Å². The van der Waals surface area contributed by atoms with E-state index >= 15 is 0 Å². The summed E-state index contributed by atoms with van der Waals surface area (Å²) in [5.41, 5.74) is 0. The summed E-state index contributed by atoms with van der Waals surface area (Å²) in [5.74, 6) is 0. The van der Waals surface area contributed by atoms with Crippen LogP contribution in [-0.4, -0.2) is 209 Å². The van der Waals surface area contributed by atoms with Crippen molar-refractivity contribution in [3.05, 3.63) is 0 Å². The van der Waals surface area contributed by atoms with Crippen LogP contribution in [0.3, 0.4) is 0 Å². The molecule has 0 bridgehead atoms. The summed E-state index contributed by atoms with van der Waals surface area (Å²) in [6.45, 7) is -1.08. The Kier molecular flexibility index (Phi) is 12.3. The van der Waals surface area contributed by atoms with Gasteiger partial charge in [0.25, 0.3) is 0 Å². The summed E-state index contributed by atoms with van der Waals surface area (Å²) in [5, 5.41) is 133. The van der Waals surface area contributed by atoms with E-state index in [1.165, 1.54) is 6.92 Å². The van der Waals surface area contributed by atoms with Crippen molar-refractivity contribution in [1.82, 2.24) is 0 Å². The molecule has 0 spiro atoms. The average molecular weight is 651 g/mol. The molecule has 20 nitrogen and oxygen atoms in total. The van der Waals surface area contributed by atoms with Crippen LogP contribution in [0, 0.1) is 0 Å². The van der Waals surface area contributed by atoms with Crippen LogP contribution in [0.2, 0.25) is 0 Å². The smallest absolute Gasteiger partial charge is 0.187 e. The second kappa shape index (κ2) is 15.0. The van der Waals surface area contributed by atoms with E-state index < -0.39 is 143 Å². The Hall–Kier alpha value is -0.800. The van der Waals surface area contributed by atoms with Crippen molar-refractivity contribution in [3.8, 4) is 0 Å². The minimum atomic E-state index is -1.99. The monoisotopic (exact) mass is 650 g/mol. The number of hydrogen-bond donors (Lipinski definition) is 13. The first kappa shape index (κ1) is 36.0. The van der Waals surface area contributed by atoms with Gasteiger partial charge in [-0.05, 0) is 6.92 Å². The third kappa shape index (κ3) is 7.05. The molecule has 4 rings (SSSR count). The van der Waals surface area contributed by atoms with E-state index in [4.69, 9.17) is 33.2 Å². The van der Waals surface area contributed by atoms with Crippen molar-refractivity contribution >= 4 is 0 Å². The van der Waals surface area contributed by atoms with Gasteiger partial charge in [0.2, 0.25) is 0 Å². The van der Waals surface area contributed by atoms with Crippen LogP contribution in [0.15, 0.2) is 0 Å². The highest BCUT2D eigenvalue weighted by molar-refractivity contribution is 4.97. The molecule has 0 saturated carbocycles. The van der Waals surface area contributed by atoms with Crippen LogP contribution in [0.1, 0.15) is 6.92 Å². The SMILES string of the molecule is C[C@@H]1O[C@@H](O[C@@H]2[C@@H](O)[C@H](O)O[C@H](CO)[C@H]2O)[C@H](O)[C@H](O[C@@H]2O[C@H](CO)[C@@H](O)[C@H](O[C@@H]3O[C@H](CO)[C@@H](O)[C@H](O)[C@@H]3O)[C@@H]2O)[C@H]1O. The van der Waals surface area contributed by atoms with E-state index in [2.05, 4.69) is 0 Å². The molecule has 0 radical (unpaired) electrons. The summed E-state index contributed by atoms with van der Waals surface area (Å²) in [7, 11) is 0. The zero-order valence-electron chi connectivity index (χ0n) is 23.3. The lowest BCUT2D eigenvalue weighted by Gasteiger charge is -2.48. The first-order chi connectivity index (χ1) is 20.7. The zero-order chi connectivity index (χ0) is 32.6. The van der Waals surface area contributed by atoms with Gasteiger partial charge in [0, 0.05) is 0 Å². The number of aliphatic hydroxyl groups is 13. The molecular weight excluding hydrogens is 608 g/mol. The van der Waals surface area contributed by atoms with Gasteiger partial charge in [-0.15, -0.1) is 0 Å². The Morgan fingerprint density at radius 2 is 0.795 bits per heavy atom. The molecular formula is C24H42O20. The number of ether oxygens (including phenoxy) is 7. The molecule has 0 aromatic rings. The van der Waals surface area contributed by atoms with E-state index in [0.29, 0.717) is 0 Å². The van der Waals surface area contributed by atoms with Gasteiger partial charge in [-0.3, -0.25) is 0 Å². The minimum Gasteiger partial charge on any atom is -0.394 e. The summed E-state index contributed by atoms with van der Waals surface area (Å²) in [6, 6.07) is 0. The van der Waals surface area contributed by atoms with Crippen LogP contribution in [0.4, 0.5) is 0 Å². The third-order valence-electron chi connectivity index (χ3n) is 8.17. The van der Waals surface area contributed by atoms with Gasteiger partial charge in [0.1, 0.15) is 91.6 Å². The predicted molar refractivity (Wildman–Crippen MR) is 132 cm³/mol. The fourth-order valence-electron chi connectivity index (χ4n) is 5.47. The van der Waals surface area contributed by atoms with Crippen molar-refractivity contribution in [3.63, 3.8) is 0 Å². The molecule has 0 unspecified atom stereocenters. The standard InChI is InChI=1S/C24H42O20/c1-5-9(28)18(16(35)23(38-5)43-19-11(30)7(3-26)39-21(37)15(19)34)42-24-17(36)20(12(31)8(4-27)41-24)44-22-14(33)13(32)10(29)6(2-25)40-22/h5-37H,2-4H2,1H3/t5-,6+,7+,8+,9-,10+,11+,12+,13-,14-,15+,16+,17-,18+,19-,20-,21+,22-,23-,24-/m0/s1. The second-order valence-corrected chi connectivity index (χ2v) is 11.1. The third-order valence-corrected chi connectivity index (χ3v) is 8.17. The van der Waals surface area contributed by atoms with Crippen LogP contribution < -0.4 is 0 Å². The quantitative estimate of drug-likeness (QED) is 0.110. The minimum absolute atomic E-state index is 0.763. The number of hydrogen-bond acceptors (Lipinski definition) is 20. The van der Waals surface area contributed by atoms with Crippen LogP contribution >= 0.6 is 0 Å². The lowest BCUT2D eigenvalue weighted by atomic mass is 9.95. The molecule has 4 saturated heterocycles. The molecule has 13 N–H and O–H groups in total. The van der Waals surface area contributed by atoms with E-state index in [9.17, 15) is 66.4 Å². The lowest BCUT2D eigenvalue weighted by Crippen LogP contribution is -2.67. The molecule has 20 atom stereocenters. The first-order valence-corrected chi connectivity index (χ1v) is 14.0. The highest BCUT2D eigenvalue weighted by Crippen LogP contribution is 2.34. The predicted octanol–water partition coefficient (Wildman–Crippen LogP) is -8.72. The summed E-state index contributed by atoms with van der Waals surface area (Å²) >= 11 is 0. The number of rotatable bonds is 9. The fourth-order valence-corrected chi connectivity index (χ4v) is 5.47. The van der Waals surface area contributed by atoms with Crippen LogP contribution in [0.5, 0.6) is 0 Å². The van der Waals surface area contributed by atoms with Crippen molar-refractivity contribution in [2.75, 3.05) is 19.8 Å². The normalized spacial score (nSPS) is 53.9. The topological polar surface area (TPSA) is 328 Å². The largest absolute Gasteiger partial charge is 0.394 e. The molecule has 20 heteroatoms. The van der Waals surface area contributed by atoms with Gasteiger partial charge in [0.15, 0.2) is 25.2 Å². The van der Waals surface area contributed by atoms with Gasteiger partial charge < -0.3 is 99.5 Å². The van der Waals surface area contributed by atoms with E-state index in [1.54, 1.807) is 0 Å². The van der Waals surface area contributed by atoms with E-state index in [-0.39, 0.29) is 0 Å². The Balaban J connectivity index is 1.50. The maximum atomic E-state index is 11.0. The molecule has 4 fully saturated rings. The van der Waals surface area contributed by atoms with Gasteiger partial charge in [-0.25, -0.2) is 0 Å². The second-order valence-electron chi connectivity index (χ2n) is 11.1. The maximum Gasteiger partial charge on any atom is 0.187 e. The molecule has 0 aliphatic carbocycles. The van der Waals surface area contributed by atoms with Crippen molar-refractivity contribution in [1.29, 1.82) is 0 Å². The Bertz CT molecular complexity index is 900. The molecule has 4 aliphatic heterocycles. The van der Waals surface area contributed by atoms with Crippen molar-refractivity contribution in [2.45, 2.75) is 130 Å².